The topological polar surface area (TPSA) is 12.0 Å². The van der Waals surface area contributed by atoms with E-state index in [9.17, 15) is 4.39 Å². The summed E-state index contributed by atoms with van der Waals surface area (Å²) in [6.07, 6.45) is 2.51. The van der Waals surface area contributed by atoms with Gasteiger partial charge in [-0.2, -0.15) is 11.8 Å². The van der Waals surface area contributed by atoms with Crippen molar-refractivity contribution in [3.63, 3.8) is 0 Å². The van der Waals surface area contributed by atoms with Crippen LogP contribution < -0.4 is 5.32 Å². The second-order valence-electron chi connectivity index (χ2n) is 3.89. The molecule has 0 unspecified atom stereocenters. The second-order valence-corrected chi connectivity index (χ2v) is 5.12. The van der Waals surface area contributed by atoms with Crippen LogP contribution in [0, 0.1) is 5.82 Å². The van der Waals surface area contributed by atoms with Crippen molar-refractivity contribution in [1.82, 2.24) is 5.32 Å². The van der Waals surface area contributed by atoms with Crippen LogP contribution in [-0.4, -0.2) is 17.5 Å². The summed E-state index contributed by atoms with van der Waals surface area (Å²) in [5.41, 5.74) is 1.16. The van der Waals surface area contributed by atoms with E-state index in [4.69, 9.17) is 0 Å². The zero-order chi connectivity index (χ0) is 10.5. The van der Waals surface area contributed by atoms with Gasteiger partial charge in [0.15, 0.2) is 0 Å². The van der Waals surface area contributed by atoms with Gasteiger partial charge >= 0.3 is 0 Å². The number of hydrogen-bond donors (Lipinski definition) is 1. The molecule has 2 rings (SSSR count). The third-order valence-corrected chi connectivity index (χ3v) is 3.78. The standard InChI is InChI=1S/C12H16FNS/c13-11-3-1-10(2-4-11)9-14-12-5-7-15-8-6-12/h1-4,12,14H,5-9H2. The van der Waals surface area contributed by atoms with Crippen molar-refractivity contribution in [3.8, 4) is 0 Å². The highest BCUT2D eigenvalue weighted by Gasteiger charge is 2.12. The Labute approximate surface area is 94.5 Å². The Morgan fingerprint density at radius 3 is 2.53 bits per heavy atom. The monoisotopic (exact) mass is 225 g/mol. The van der Waals surface area contributed by atoms with Gasteiger partial charge in [-0.3, -0.25) is 0 Å². The summed E-state index contributed by atoms with van der Waals surface area (Å²) in [7, 11) is 0. The van der Waals surface area contributed by atoms with Crippen LogP contribution in [0.5, 0.6) is 0 Å². The van der Waals surface area contributed by atoms with Crippen LogP contribution in [0.25, 0.3) is 0 Å². The van der Waals surface area contributed by atoms with Crippen LogP contribution in [0.3, 0.4) is 0 Å². The van der Waals surface area contributed by atoms with Crippen molar-refractivity contribution in [1.29, 1.82) is 0 Å². The van der Waals surface area contributed by atoms with Crippen LogP contribution in [0.1, 0.15) is 18.4 Å². The molecule has 1 aromatic rings. The average molecular weight is 225 g/mol. The fraction of sp³-hybridized carbons (Fsp3) is 0.500. The molecule has 0 atom stereocenters. The summed E-state index contributed by atoms with van der Waals surface area (Å²) in [6.45, 7) is 0.857. The molecule has 1 aliphatic rings. The Balaban J connectivity index is 1.79. The minimum absolute atomic E-state index is 0.159. The van der Waals surface area contributed by atoms with Crippen molar-refractivity contribution in [3.05, 3.63) is 35.6 Å². The zero-order valence-corrected chi connectivity index (χ0v) is 9.52. The molecule has 1 fully saturated rings. The lowest BCUT2D eigenvalue weighted by molar-refractivity contribution is 0.482. The number of nitrogens with one attached hydrogen (secondary N) is 1. The Morgan fingerprint density at radius 1 is 1.20 bits per heavy atom. The Bertz CT molecular complexity index is 293. The Morgan fingerprint density at radius 2 is 1.87 bits per heavy atom. The normalized spacial score (nSPS) is 17.9. The van der Waals surface area contributed by atoms with Crippen molar-refractivity contribution >= 4 is 11.8 Å². The summed E-state index contributed by atoms with van der Waals surface area (Å²) >= 11 is 2.03. The fourth-order valence-electron chi connectivity index (χ4n) is 1.77. The number of thioether (sulfide) groups is 1. The van der Waals surface area contributed by atoms with Crippen LogP contribution in [-0.2, 0) is 6.54 Å². The lowest BCUT2D eigenvalue weighted by Gasteiger charge is -2.22. The highest BCUT2D eigenvalue weighted by molar-refractivity contribution is 7.99. The predicted octanol–water partition coefficient (Wildman–Crippen LogP) is 2.81. The van der Waals surface area contributed by atoms with E-state index in [2.05, 4.69) is 5.32 Å². The van der Waals surface area contributed by atoms with Gasteiger partial charge in [-0.15, -0.1) is 0 Å². The summed E-state index contributed by atoms with van der Waals surface area (Å²) in [4.78, 5) is 0. The molecule has 0 radical (unpaired) electrons. The maximum Gasteiger partial charge on any atom is 0.123 e. The third-order valence-electron chi connectivity index (χ3n) is 2.73. The van der Waals surface area contributed by atoms with Gasteiger partial charge in [-0.05, 0) is 42.0 Å². The van der Waals surface area contributed by atoms with E-state index in [1.54, 1.807) is 0 Å². The molecule has 1 aromatic carbocycles. The largest absolute Gasteiger partial charge is 0.310 e. The summed E-state index contributed by atoms with van der Waals surface area (Å²) < 4.78 is 12.7. The molecule has 0 aliphatic carbocycles. The van der Waals surface area contributed by atoms with Gasteiger partial charge in [0, 0.05) is 12.6 Å². The van der Waals surface area contributed by atoms with Gasteiger partial charge in [-0.1, -0.05) is 12.1 Å². The summed E-state index contributed by atoms with van der Waals surface area (Å²) in [5, 5.41) is 3.52. The van der Waals surface area contributed by atoms with E-state index >= 15 is 0 Å². The third kappa shape index (κ3) is 3.50. The Hall–Kier alpha value is -0.540. The van der Waals surface area contributed by atoms with E-state index in [1.807, 2.05) is 23.9 Å². The molecule has 0 aromatic heterocycles. The Kier molecular flexibility index (Phi) is 4.03. The number of halogens is 1. The first kappa shape index (κ1) is 11.0. The van der Waals surface area contributed by atoms with Gasteiger partial charge < -0.3 is 5.32 Å². The molecule has 15 heavy (non-hydrogen) atoms. The molecular weight excluding hydrogens is 209 g/mol. The van der Waals surface area contributed by atoms with Crippen LogP contribution in [0.15, 0.2) is 24.3 Å². The van der Waals surface area contributed by atoms with E-state index in [1.165, 1.54) is 36.5 Å². The molecule has 1 nitrogen and oxygen atoms in total. The average Bonchev–Trinajstić information content (AvgIpc) is 2.30. The molecule has 1 heterocycles. The first-order valence-electron chi connectivity index (χ1n) is 5.40. The lowest BCUT2D eigenvalue weighted by Crippen LogP contribution is -2.31. The predicted molar refractivity (Wildman–Crippen MR) is 63.6 cm³/mol. The van der Waals surface area contributed by atoms with E-state index in [-0.39, 0.29) is 5.82 Å². The summed E-state index contributed by atoms with van der Waals surface area (Å²) in [5.74, 6) is 2.37. The highest BCUT2D eigenvalue weighted by atomic mass is 32.2. The smallest absolute Gasteiger partial charge is 0.123 e. The van der Waals surface area contributed by atoms with Gasteiger partial charge in [0.25, 0.3) is 0 Å². The fourth-order valence-corrected chi connectivity index (χ4v) is 2.87. The molecule has 1 N–H and O–H groups in total. The van der Waals surface area contributed by atoms with Gasteiger partial charge in [0.05, 0.1) is 0 Å². The van der Waals surface area contributed by atoms with Gasteiger partial charge in [-0.25, -0.2) is 4.39 Å². The molecule has 0 spiro atoms. The van der Waals surface area contributed by atoms with Gasteiger partial charge in [0.1, 0.15) is 5.82 Å². The minimum atomic E-state index is -0.159. The lowest BCUT2D eigenvalue weighted by atomic mass is 10.1. The second kappa shape index (κ2) is 5.52. The number of hydrogen-bond acceptors (Lipinski definition) is 2. The molecule has 0 saturated carbocycles. The van der Waals surface area contributed by atoms with Crippen LogP contribution in [0.2, 0.25) is 0 Å². The van der Waals surface area contributed by atoms with Crippen LogP contribution >= 0.6 is 11.8 Å². The van der Waals surface area contributed by atoms with Gasteiger partial charge in [0.2, 0.25) is 0 Å². The van der Waals surface area contributed by atoms with E-state index in [0.29, 0.717) is 6.04 Å². The maximum absolute atomic E-state index is 12.7. The quantitative estimate of drug-likeness (QED) is 0.849. The molecule has 0 amide bonds. The van der Waals surface area contributed by atoms with Crippen LogP contribution in [0.4, 0.5) is 4.39 Å². The molecule has 1 aliphatic heterocycles. The molecular formula is C12H16FNS. The van der Waals surface area contributed by atoms with Crippen molar-refractivity contribution in [2.75, 3.05) is 11.5 Å². The first-order valence-corrected chi connectivity index (χ1v) is 6.55. The zero-order valence-electron chi connectivity index (χ0n) is 8.71. The van der Waals surface area contributed by atoms with E-state index < -0.39 is 0 Å². The molecule has 1 saturated heterocycles. The molecule has 82 valence electrons. The number of rotatable bonds is 3. The maximum atomic E-state index is 12.7. The highest BCUT2D eigenvalue weighted by Crippen LogP contribution is 2.17. The van der Waals surface area contributed by atoms with E-state index in [0.717, 1.165) is 12.1 Å². The van der Waals surface area contributed by atoms with Crippen molar-refractivity contribution in [2.24, 2.45) is 0 Å². The van der Waals surface area contributed by atoms with Crippen molar-refractivity contribution < 1.29 is 4.39 Å². The SMILES string of the molecule is Fc1ccc(CNC2CCSCC2)cc1. The number of benzene rings is 1. The molecule has 3 heteroatoms. The molecule has 0 bridgehead atoms. The first-order chi connectivity index (χ1) is 7.34. The minimum Gasteiger partial charge on any atom is -0.310 e. The summed E-state index contributed by atoms with van der Waals surface area (Å²) in [6, 6.07) is 7.39. The van der Waals surface area contributed by atoms with Crippen molar-refractivity contribution in [2.45, 2.75) is 25.4 Å².